The molecule has 3 rings (SSSR count). The van der Waals surface area contributed by atoms with Crippen molar-refractivity contribution in [3.8, 4) is 0 Å². The molecule has 0 amide bonds. The normalized spacial score (nSPS) is 13.2. The molecule has 4 N–H and O–H groups in total. The molecule has 1 aliphatic rings. The summed E-state index contributed by atoms with van der Waals surface area (Å²) in [6.45, 7) is 0. The molecule has 0 saturated heterocycles. The third-order valence-electron chi connectivity index (χ3n) is 3.73. The number of thiocarbonyl (C=S) groups is 1. The number of anilines is 1. The number of nitrogens with two attached hydrogens (primary N) is 1. The fourth-order valence-electron chi connectivity index (χ4n) is 2.46. The van der Waals surface area contributed by atoms with Gasteiger partial charge in [0.1, 0.15) is 11.4 Å². The zero-order valence-corrected chi connectivity index (χ0v) is 14.0. The van der Waals surface area contributed by atoms with Gasteiger partial charge in [0.15, 0.2) is 5.11 Å². The van der Waals surface area contributed by atoms with Crippen molar-refractivity contribution >= 4 is 40.3 Å². The molecule has 0 atom stereocenters. The van der Waals surface area contributed by atoms with Gasteiger partial charge >= 0.3 is 0 Å². The number of carbonyl (C=O) groups is 2. The van der Waals surface area contributed by atoms with Crippen LogP contribution in [0, 0.1) is 10.1 Å². The summed E-state index contributed by atoms with van der Waals surface area (Å²) in [6.07, 6.45) is 0. The van der Waals surface area contributed by atoms with E-state index in [9.17, 15) is 19.7 Å². The summed E-state index contributed by atoms with van der Waals surface area (Å²) in [6, 6.07) is 11.9. The number of fused-ring (bicyclic) bond motifs is 1. The average molecular weight is 368 g/mol. The first-order chi connectivity index (χ1) is 12.4. The molecule has 0 aliphatic heterocycles. The highest BCUT2D eigenvalue weighted by molar-refractivity contribution is 7.80. The number of Topliss-reactive ketones (excluding diaryl/α,β-unsaturated/α-hetero) is 2. The van der Waals surface area contributed by atoms with Crippen LogP contribution in [0.5, 0.6) is 0 Å². The summed E-state index contributed by atoms with van der Waals surface area (Å²) in [5.74, 6) is -0.897. The topological polar surface area (TPSA) is 127 Å². The number of non-ortho nitro benzene ring substituents is 1. The number of benzene rings is 2. The zero-order chi connectivity index (χ0) is 18.8. The van der Waals surface area contributed by atoms with Crippen LogP contribution in [0.3, 0.4) is 0 Å². The Labute approximate surface area is 152 Å². The maximum atomic E-state index is 12.6. The van der Waals surface area contributed by atoms with E-state index >= 15 is 0 Å². The molecule has 2 aromatic rings. The Morgan fingerprint density at radius 1 is 0.962 bits per heavy atom. The summed E-state index contributed by atoms with van der Waals surface area (Å²) in [5, 5.41) is 16.1. The summed E-state index contributed by atoms with van der Waals surface area (Å²) >= 11 is 5.14. The molecule has 9 heteroatoms. The molecule has 8 nitrogen and oxygen atoms in total. The Hall–Kier alpha value is -3.59. The number of allylic oxidation sites excluding steroid dienone is 2. The zero-order valence-electron chi connectivity index (χ0n) is 13.2. The van der Waals surface area contributed by atoms with Crippen LogP contribution in [0.1, 0.15) is 20.7 Å². The van der Waals surface area contributed by atoms with Crippen LogP contribution in [0.4, 0.5) is 11.4 Å². The maximum absolute atomic E-state index is 12.6. The average Bonchev–Trinajstić information content (AvgIpc) is 2.64. The number of nitrogens with one attached hydrogen (secondary N) is 2. The molecule has 1 aliphatic carbocycles. The molecular weight excluding hydrogens is 356 g/mol. The fourth-order valence-corrected chi connectivity index (χ4v) is 2.68. The predicted molar refractivity (Wildman–Crippen MR) is 98.8 cm³/mol. The van der Waals surface area contributed by atoms with Crippen molar-refractivity contribution in [2.45, 2.75) is 0 Å². The molecule has 0 saturated carbocycles. The number of carbonyl (C=O) groups excluding carboxylic acids is 2. The first kappa shape index (κ1) is 17.2. The van der Waals surface area contributed by atoms with Gasteiger partial charge in [-0.25, -0.2) is 0 Å². The Bertz CT molecular complexity index is 983. The predicted octanol–water partition coefficient (Wildman–Crippen LogP) is 2.13. The van der Waals surface area contributed by atoms with E-state index in [0.717, 1.165) is 0 Å². The van der Waals surface area contributed by atoms with E-state index in [-0.39, 0.29) is 33.3 Å². The van der Waals surface area contributed by atoms with E-state index < -0.39 is 16.5 Å². The molecule has 26 heavy (non-hydrogen) atoms. The van der Waals surface area contributed by atoms with Gasteiger partial charge in [0.05, 0.1) is 4.92 Å². The van der Waals surface area contributed by atoms with Crippen LogP contribution in [0.15, 0.2) is 59.9 Å². The van der Waals surface area contributed by atoms with Gasteiger partial charge in [-0.05, 0) is 24.4 Å². The van der Waals surface area contributed by atoms with Gasteiger partial charge in [-0.2, -0.15) is 0 Å². The van der Waals surface area contributed by atoms with Crippen molar-refractivity contribution in [3.05, 3.63) is 81.2 Å². The quantitative estimate of drug-likeness (QED) is 0.427. The van der Waals surface area contributed by atoms with E-state index in [1.165, 1.54) is 36.4 Å². The number of rotatable bonds is 3. The van der Waals surface area contributed by atoms with E-state index in [2.05, 4.69) is 10.6 Å². The first-order valence-corrected chi connectivity index (χ1v) is 7.80. The monoisotopic (exact) mass is 368 g/mol. The SMILES string of the molecule is NC1=C(NC(=S)Nc2ccc([N+](=O)[O-])cc2)C(=O)c2ccccc2C1=O. The van der Waals surface area contributed by atoms with Gasteiger partial charge in [-0.15, -0.1) is 0 Å². The molecule has 0 spiro atoms. The van der Waals surface area contributed by atoms with E-state index in [4.69, 9.17) is 18.0 Å². The molecule has 130 valence electrons. The van der Waals surface area contributed by atoms with Crippen LogP contribution in [0.2, 0.25) is 0 Å². The number of nitro benzene ring substituents is 1. The van der Waals surface area contributed by atoms with Gasteiger partial charge in [0.2, 0.25) is 11.6 Å². The second kappa shape index (κ2) is 6.73. The summed E-state index contributed by atoms with van der Waals surface area (Å²) < 4.78 is 0. The van der Waals surface area contributed by atoms with Gasteiger partial charge in [-0.1, -0.05) is 24.3 Å². The van der Waals surface area contributed by atoms with Gasteiger partial charge in [-0.3, -0.25) is 19.7 Å². The fraction of sp³-hybridized carbons (Fsp3) is 0. The van der Waals surface area contributed by atoms with E-state index in [0.29, 0.717) is 5.69 Å². The molecule has 0 radical (unpaired) electrons. The number of nitrogens with zero attached hydrogens (tertiary/aromatic N) is 1. The van der Waals surface area contributed by atoms with Crippen molar-refractivity contribution in [2.75, 3.05) is 5.32 Å². The minimum atomic E-state index is -0.518. The van der Waals surface area contributed by atoms with Crippen molar-refractivity contribution in [1.82, 2.24) is 5.32 Å². The highest BCUT2D eigenvalue weighted by Gasteiger charge is 2.31. The van der Waals surface area contributed by atoms with E-state index in [1.54, 1.807) is 12.1 Å². The van der Waals surface area contributed by atoms with Crippen molar-refractivity contribution in [3.63, 3.8) is 0 Å². The van der Waals surface area contributed by atoms with Crippen LogP contribution < -0.4 is 16.4 Å². The van der Waals surface area contributed by atoms with Gasteiger partial charge in [0.25, 0.3) is 5.69 Å². The lowest BCUT2D eigenvalue weighted by atomic mass is 9.90. The largest absolute Gasteiger partial charge is 0.394 e. The summed E-state index contributed by atoms with van der Waals surface area (Å²) in [7, 11) is 0. The van der Waals surface area contributed by atoms with Crippen LogP contribution in [-0.2, 0) is 0 Å². The lowest BCUT2D eigenvalue weighted by Gasteiger charge is -2.20. The maximum Gasteiger partial charge on any atom is 0.269 e. The highest BCUT2D eigenvalue weighted by atomic mass is 32.1. The molecule has 0 heterocycles. The number of hydrogen-bond donors (Lipinski definition) is 3. The van der Waals surface area contributed by atoms with Crippen LogP contribution in [0.25, 0.3) is 0 Å². The highest BCUT2D eigenvalue weighted by Crippen LogP contribution is 2.23. The standard InChI is InChI=1S/C17H12N4O4S/c18-13-14(16(23)12-4-2-1-3-11(12)15(13)22)20-17(26)19-9-5-7-10(8-6-9)21(24)25/h1-8H,18H2,(H2,19,20,26). The lowest BCUT2D eigenvalue weighted by molar-refractivity contribution is -0.384. The molecule has 0 unspecified atom stereocenters. The molecule has 0 fully saturated rings. The third-order valence-corrected chi connectivity index (χ3v) is 3.94. The van der Waals surface area contributed by atoms with Crippen LogP contribution in [-0.4, -0.2) is 21.6 Å². The Morgan fingerprint density at radius 2 is 1.54 bits per heavy atom. The minimum Gasteiger partial charge on any atom is -0.394 e. The number of hydrogen-bond acceptors (Lipinski definition) is 6. The number of nitro groups is 1. The first-order valence-electron chi connectivity index (χ1n) is 7.39. The molecule has 2 aromatic carbocycles. The second-order valence-electron chi connectivity index (χ2n) is 5.38. The third kappa shape index (κ3) is 3.15. The van der Waals surface area contributed by atoms with Crippen molar-refractivity contribution < 1.29 is 14.5 Å². The Morgan fingerprint density at radius 3 is 2.12 bits per heavy atom. The lowest BCUT2D eigenvalue weighted by Crippen LogP contribution is -2.38. The summed E-state index contributed by atoms with van der Waals surface area (Å²) in [5.41, 5.74) is 6.38. The Balaban J connectivity index is 1.78. The smallest absolute Gasteiger partial charge is 0.269 e. The minimum absolute atomic E-state index is 0.0253. The molecule has 0 bridgehead atoms. The van der Waals surface area contributed by atoms with Crippen molar-refractivity contribution in [1.29, 1.82) is 0 Å². The van der Waals surface area contributed by atoms with Crippen molar-refractivity contribution in [2.24, 2.45) is 5.73 Å². The van der Waals surface area contributed by atoms with E-state index in [1.807, 2.05) is 0 Å². The Kier molecular flexibility index (Phi) is 4.46. The van der Waals surface area contributed by atoms with Crippen LogP contribution >= 0.6 is 12.2 Å². The molecular formula is C17H12N4O4S. The summed E-state index contributed by atoms with van der Waals surface area (Å²) in [4.78, 5) is 35.0. The number of ketones is 2. The second-order valence-corrected chi connectivity index (χ2v) is 5.78. The van der Waals surface area contributed by atoms with Gasteiger partial charge in [0, 0.05) is 28.9 Å². The molecule has 0 aromatic heterocycles. The van der Waals surface area contributed by atoms with Gasteiger partial charge < -0.3 is 16.4 Å².